The van der Waals surface area contributed by atoms with Gasteiger partial charge in [-0.05, 0) is 44.2 Å². The van der Waals surface area contributed by atoms with Crippen molar-refractivity contribution in [3.05, 3.63) is 85.6 Å². The Kier molecular flexibility index (Phi) is 5.79. The molecule has 0 saturated carbocycles. The maximum Gasteiger partial charge on any atom is 0.275 e. The number of benzene rings is 2. The quantitative estimate of drug-likeness (QED) is 0.339. The van der Waals surface area contributed by atoms with Gasteiger partial charge in [0.15, 0.2) is 0 Å². The van der Waals surface area contributed by atoms with Crippen LogP contribution in [0.25, 0.3) is 5.69 Å². The van der Waals surface area contributed by atoms with Gasteiger partial charge in [0.25, 0.3) is 11.6 Å². The molecule has 2 N–H and O–H groups in total. The number of non-ortho nitro benzene ring substituents is 1. The molecule has 3 rings (SSSR count). The number of carbonyl (C=O) groups excluding carboxylic acids is 1. The molecular formula is C20H17BrN4O4. The van der Waals surface area contributed by atoms with Gasteiger partial charge in [-0.25, -0.2) is 5.43 Å². The Morgan fingerprint density at radius 3 is 2.72 bits per heavy atom. The van der Waals surface area contributed by atoms with E-state index in [1.165, 1.54) is 30.5 Å². The molecule has 0 radical (unpaired) electrons. The number of aromatic nitrogens is 1. The van der Waals surface area contributed by atoms with Crippen molar-refractivity contribution in [2.75, 3.05) is 0 Å². The predicted octanol–water partition coefficient (Wildman–Crippen LogP) is 4.23. The molecule has 29 heavy (non-hydrogen) atoms. The van der Waals surface area contributed by atoms with Crippen LogP contribution in [-0.2, 0) is 0 Å². The number of nitro benzene ring substituents is 1. The first-order valence-electron chi connectivity index (χ1n) is 8.53. The van der Waals surface area contributed by atoms with Crippen LogP contribution in [0.5, 0.6) is 5.75 Å². The van der Waals surface area contributed by atoms with Gasteiger partial charge in [0.05, 0.1) is 22.4 Å². The average molecular weight is 457 g/mol. The SMILES string of the molecule is Cc1cc(/C=N/NC(=O)c2cc(Br)ccc2O)c(C)n1-c1cccc([N+](=O)[O-])c1. The van der Waals surface area contributed by atoms with Crippen LogP contribution in [0, 0.1) is 24.0 Å². The number of aromatic hydroxyl groups is 1. The van der Waals surface area contributed by atoms with Crippen LogP contribution < -0.4 is 5.43 Å². The molecule has 3 aromatic rings. The van der Waals surface area contributed by atoms with Crippen molar-refractivity contribution >= 4 is 33.7 Å². The van der Waals surface area contributed by atoms with E-state index in [2.05, 4.69) is 26.5 Å². The maximum atomic E-state index is 12.2. The number of rotatable bonds is 5. The van der Waals surface area contributed by atoms with Gasteiger partial charge in [0.2, 0.25) is 0 Å². The second-order valence-corrected chi connectivity index (χ2v) is 7.22. The van der Waals surface area contributed by atoms with E-state index in [9.17, 15) is 20.0 Å². The zero-order valence-electron chi connectivity index (χ0n) is 15.6. The first-order chi connectivity index (χ1) is 13.8. The zero-order valence-corrected chi connectivity index (χ0v) is 17.2. The summed E-state index contributed by atoms with van der Waals surface area (Å²) in [6.07, 6.45) is 1.49. The minimum absolute atomic E-state index is 0.00584. The van der Waals surface area contributed by atoms with Crippen LogP contribution in [0.4, 0.5) is 5.69 Å². The normalized spacial score (nSPS) is 11.0. The first-order valence-corrected chi connectivity index (χ1v) is 9.33. The Morgan fingerprint density at radius 2 is 2.00 bits per heavy atom. The third-order valence-electron chi connectivity index (χ3n) is 4.34. The molecular weight excluding hydrogens is 440 g/mol. The summed E-state index contributed by atoms with van der Waals surface area (Å²) in [4.78, 5) is 22.8. The summed E-state index contributed by atoms with van der Waals surface area (Å²) >= 11 is 3.25. The zero-order chi connectivity index (χ0) is 21.1. The third kappa shape index (κ3) is 4.35. The topological polar surface area (TPSA) is 110 Å². The van der Waals surface area contributed by atoms with Crippen molar-refractivity contribution in [1.82, 2.24) is 9.99 Å². The molecule has 0 spiro atoms. The molecule has 0 fully saturated rings. The number of amides is 1. The van der Waals surface area contributed by atoms with Gasteiger partial charge in [-0.1, -0.05) is 22.0 Å². The average Bonchev–Trinajstić information content (AvgIpc) is 2.97. The molecule has 2 aromatic carbocycles. The van der Waals surface area contributed by atoms with E-state index < -0.39 is 10.8 Å². The van der Waals surface area contributed by atoms with Crippen LogP contribution in [0.15, 0.2) is 58.1 Å². The smallest absolute Gasteiger partial charge is 0.275 e. The molecule has 0 aliphatic heterocycles. The summed E-state index contributed by atoms with van der Waals surface area (Å²) < 4.78 is 2.53. The lowest BCUT2D eigenvalue weighted by Gasteiger charge is -2.09. The number of nitrogens with one attached hydrogen (secondary N) is 1. The summed E-state index contributed by atoms with van der Waals surface area (Å²) in [6, 6.07) is 12.7. The van der Waals surface area contributed by atoms with Crippen molar-refractivity contribution in [2.24, 2.45) is 5.10 Å². The van der Waals surface area contributed by atoms with Gasteiger partial charge in [0.1, 0.15) is 5.75 Å². The molecule has 1 amide bonds. The molecule has 0 aliphatic rings. The lowest BCUT2D eigenvalue weighted by molar-refractivity contribution is -0.384. The molecule has 8 nitrogen and oxygen atoms in total. The highest BCUT2D eigenvalue weighted by molar-refractivity contribution is 9.10. The number of phenols is 1. The number of phenolic OH excluding ortho intramolecular Hbond substituents is 1. The molecule has 0 bridgehead atoms. The maximum absolute atomic E-state index is 12.2. The summed E-state index contributed by atoms with van der Waals surface area (Å²) in [5.41, 5.74) is 5.57. The van der Waals surface area contributed by atoms with E-state index in [0.29, 0.717) is 10.2 Å². The van der Waals surface area contributed by atoms with Gasteiger partial charge in [-0.2, -0.15) is 5.10 Å². The van der Waals surface area contributed by atoms with Crippen molar-refractivity contribution in [2.45, 2.75) is 13.8 Å². The molecule has 148 valence electrons. The molecule has 0 unspecified atom stereocenters. The Balaban J connectivity index is 1.83. The standard InChI is InChI=1S/C20H17BrN4O4/c1-12-8-14(11-22-23-20(27)18-9-15(21)6-7-19(18)26)13(2)24(12)16-4-3-5-17(10-16)25(28)29/h3-11,26H,1-2H3,(H,23,27)/b22-11+. The van der Waals surface area contributed by atoms with Crippen molar-refractivity contribution in [3.63, 3.8) is 0 Å². The van der Waals surface area contributed by atoms with E-state index in [0.717, 1.165) is 17.0 Å². The number of halogens is 1. The van der Waals surface area contributed by atoms with Crippen LogP contribution in [-0.4, -0.2) is 26.7 Å². The Bertz CT molecular complexity index is 1140. The number of aryl methyl sites for hydroxylation is 1. The number of hydrogen-bond donors (Lipinski definition) is 2. The van der Waals surface area contributed by atoms with E-state index in [4.69, 9.17) is 0 Å². The summed E-state index contributed by atoms with van der Waals surface area (Å²) in [7, 11) is 0. The number of nitrogens with zero attached hydrogens (tertiary/aromatic N) is 3. The minimum Gasteiger partial charge on any atom is -0.507 e. The number of nitro groups is 1. The van der Waals surface area contributed by atoms with Crippen molar-refractivity contribution in [3.8, 4) is 11.4 Å². The highest BCUT2D eigenvalue weighted by atomic mass is 79.9. The van der Waals surface area contributed by atoms with E-state index in [1.54, 1.807) is 18.2 Å². The molecule has 0 aliphatic carbocycles. The number of carbonyl (C=O) groups is 1. The van der Waals surface area contributed by atoms with Gasteiger partial charge in [-0.3, -0.25) is 14.9 Å². The molecule has 9 heteroatoms. The number of hydrogen-bond acceptors (Lipinski definition) is 5. The summed E-state index contributed by atoms with van der Waals surface area (Å²) in [5.74, 6) is -0.697. The largest absolute Gasteiger partial charge is 0.507 e. The fourth-order valence-electron chi connectivity index (χ4n) is 2.97. The van der Waals surface area contributed by atoms with E-state index in [-0.39, 0.29) is 17.0 Å². The highest BCUT2D eigenvalue weighted by Crippen LogP contribution is 2.23. The van der Waals surface area contributed by atoms with Crippen molar-refractivity contribution < 1.29 is 14.8 Å². The van der Waals surface area contributed by atoms with E-state index in [1.807, 2.05) is 24.5 Å². The first kappa shape index (κ1) is 20.3. The van der Waals surface area contributed by atoms with Gasteiger partial charge in [0, 0.05) is 33.6 Å². The molecule has 0 atom stereocenters. The molecule has 1 aromatic heterocycles. The summed E-state index contributed by atoms with van der Waals surface area (Å²) in [5, 5.41) is 24.8. The minimum atomic E-state index is -0.549. The summed E-state index contributed by atoms with van der Waals surface area (Å²) in [6.45, 7) is 3.73. The number of hydrazone groups is 1. The second kappa shape index (κ2) is 8.27. The monoisotopic (exact) mass is 456 g/mol. The van der Waals surface area contributed by atoms with Gasteiger partial charge < -0.3 is 9.67 Å². The Morgan fingerprint density at radius 1 is 1.24 bits per heavy atom. The predicted molar refractivity (Wildman–Crippen MR) is 113 cm³/mol. The molecule has 0 saturated heterocycles. The third-order valence-corrected chi connectivity index (χ3v) is 4.84. The lowest BCUT2D eigenvalue weighted by Crippen LogP contribution is -2.17. The second-order valence-electron chi connectivity index (χ2n) is 6.30. The Labute approximate surface area is 174 Å². The van der Waals surface area contributed by atoms with Crippen molar-refractivity contribution in [1.29, 1.82) is 0 Å². The Hall–Kier alpha value is -3.46. The molecule has 1 heterocycles. The fourth-order valence-corrected chi connectivity index (χ4v) is 3.33. The van der Waals surface area contributed by atoms with Crippen LogP contribution in [0.2, 0.25) is 0 Å². The van der Waals surface area contributed by atoms with E-state index >= 15 is 0 Å². The lowest BCUT2D eigenvalue weighted by atomic mass is 10.2. The van der Waals surface area contributed by atoms with Gasteiger partial charge in [-0.15, -0.1) is 0 Å². The van der Waals surface area contributed by atoms with Crippen LogP contribution in [0.1, 0.15) is 27.3 Å². The van der Waals surface area contributed by atoms with Gasteiger partial charge >= 0.3 is 0 Å². The van der Waals surface area contributed by atoms with Crippen LogP contribution in [0.3, 0.4) is 0 Å². The van der Waals surface area contributed by atoms with Crippen LogP contribution >= 0.6 is 15.9 Å². The fraction of sp³-hybridized carbons (Fsp3) is 0.100. The highest BCUT2D eigenvalue weighted by Gasteiger charge is 2.14.